The number of aromatic nitrogens is 1. The molecular weight excluding hydrogens is 362 g/mol. The molecule has 0 N–H and O–H groups in total. The largest absolute Gasteiger partial charge is 0.379 e. The second-order valence-corrected chi connectivity index (χ2v) is 7.77. The van der Waals surface area contributed by atoms with Gasteiger partial charge in [-0.05, 0) is 26.0 Å². The Hall–Kier alpha value is -2.16. The topological polar surface area (TPSA) is 70.4 Å². The lowest BCUT2D eigenvalue weighted by Gasteiger charge is -2.25. The van der Waals surface area contributed by atoms with Crippen LogP contribution in [0.4, 0.5) is 5.13 Å². The third-order valence-electron chi connectivity index (χ3n) is 4.89. The van der Waals surface area contributed by atoms with Gasteiger partial charge in [-0.2, -0.15) is 10.1 Å². The maximum atomic E-state index is 13.0. The maximum Gasteiger partial charge on any atom is 0.264 e. The number of ether oxygens (including phenoxy) is 1. The molecule has 0 saturated carbocycles. The van der Waals surface area contributed by atoms with E-state index in [0.717, 1.165) is 54.5 Å². The Bertz CT molecular complexity index is 867. The number of thiazole rings is 1. The zero-order valence-corrected chi connectivity index (χ0v) is 16.4. The van der Waals surface area contributed by atoms with E-state index in [1.54, 1.807) is 0 Å². The van der Waals surface area contributed by atoms with E-state index in [1.807, 2.05) is 38.1 Å². The van der Waals surface area contributed by atoms with Crippen molar-refractivity contribution in [2.24, 2.45) is 16.0 Å². The van der Waals surface area contributed by atoms with Gasteiger partial charge in [-0.3, -0.25) is 14.7 Å². The number of carbonyl (C=O) groups excluding carboxylic acids is 1. The van der Waals surface area contributed by atoms with Crippen molar-refractivity contribution in [3.63, 3.8) is 0 Å². The molecule has 2 aliphatic heterocycles. The fourth-order valence-corrected chi connectivity index (χ4v) is 4.34. The number of para-hydroxylation sites is 1. The van der Waals surface area contributed by atoms with Gasteiger partial charge in [-0.1, -0.05) is 23.5 Å². The average Bonchev–Trinajstić information content (AvgIpc) is 3.23. The number of fused-ring (bicyclic) bond motifs is 1. The summed E-state index contributed by atoms with van der Waals surface area (Å²) in [5, 5.41) is 6.53. The smallest absolute Gasteiger partial charge is 0.264 e. The Morgan fingerprint density at radius 1 is 1.33 bits per heavy atom. The van der Waals surface area contributed by atoms with Crippen LogP contribution in [0.2, 0.25) is 0 Å². The van der Waals surface area contributed by atoms with E-state index in [0.29, 0.717) is 11.7 Å². The summed E-state index contributed by atoms with van der Waals surface area (Å²) in [6, 6.07) is 7.87. The highest BCUT2D eigenvalue weighted by Gasteiger charge is 2.37. The number of aliphatic imine (C=N–C) groups is 1. The van der Waals surface area contributed by atoms with Gasteiger partial charge in [0.15, 0.2) is 0 Å². The first-order valence-electron chi connectivity index (χ1n) is 9.19. The van der Waals surface area contributed by atoms with Gasteiger partial charge in [0.2, 0.25) is 5.13 Å². The molecule has 1 fully saturated rings. The number of morpholine rings is 1. The SMILES string of the molecule is CC(=NCCN1CCOCC1)[C@@H]1C(=O)N(c2nc3ccccc3s2)N=C1C. The molecule has 0 aliphatic carbocycles. The van der Waals surface area contributed by atoms with Crippen molar-refractivity contribution in [2.75, 3.05) is 44.4 Å². The summed E-state index contributed by atoms with van der Waals surface area (Å²) in [6.45, 7) is 8.84. The lowest BCUT2D eigenvalue weighted by Crippen LogP contribution is -2.38. The summed E-state index contributed by atoms with van der Waals surface area (Å²) in [7, 11) is 0. The predicted molar refractivity (Wildman–Crippen MR) is 109 cm³/mol. The molecule has 2 aromatic rings. The van der Waals surface area contributed by atoms with E-state index in [4.69, 9.17) is 4.74 Å². The standard InChI is InChI=1S/C19H23N5O2S/c1-13(20-7-8-23-9-11-26-12-10-23)17-14(2)22-24(18(17)25)19-21-15-5-3-4-6-16(15)27-19/h3-6,17H,7-12H2,1-2H3/t17-/m0/s1. The number of nitrogens with zero attached hydrogens (tertiary/aromatic N) is 5. The second-order valence-electron chi connectivity index (χ2n) is 6.77. The average molecular weight is 385 g/mol. The Labute approximate surface area is 162 Å². The fourth-order valence-electron chi connectivity index (χ4n) is 3.42. The van der Waals surface area contributed by atoms with E-state index in [-0.39, 0.29) is 11.8 Å². The summed E-state index contributed by atoms with van der Waals surface area (Å²) in [6.07, 6.45) is 0. The first-order chi connectivity index (χ1) is 13.1. The van der Waals surface area contributed by atoms with Crippen molar-refractivity contribution >= 4 is 44.0 Å². The monoisotopic (exact) mass is 385 g/mol. The first kappa shape index (κ1) is 18.2. The highest BCUT2D eigenvalue weighted by atomic mass is 32.1. The van der Waals surface area contributed by atoms with Crippen LogP contribution < -0.4 is 5.01 Å². The summed E-state index contributed by atoms with van der Waals surface area (Å²) in [5.41, 5.74) is 2.47. The number of hydrogen-bond donors (Lipinski definition) is 0. The molecule has 1 atom stereocenters. The van der Waals surface area contributed by atoms with Crippen LogP contribution in [0.1, 0.15) is 13.8 Å². The van der Waals surface area contributed by atoms with Crippen LogP contribution in [0.15, 0.2) is 34.4 Å². The number of amides is 1. The zero-order valence-electron chi connectivity index (χ0n) is 15.6. The van der Waals surface area contributed by atoms with E-state index in [2.05, 4.69) is 20.0 Å². The van der Waals surface area contributed by atoms with Gasteiger partial charge in [0.05, 0.1) is 35.7 Å². The zero-order chi connectivity index (χ0) is 18.8. The number of carbonyl (C=O) groups is 1. The molecule has 3 heterocycles. The van der Waals surface area contributed by atoms with Gasteiger partial charge in [-0.15, -0.1) is 0 Å². The maximum absolute atomic E-state index is 13.0. The van der Waals surface area contributed by atoms with E-state index in [1.165, 1.54) is 16.3 Å². The van der Waals surface area contributed by atoms with Crippen molar-refractivity contribution in [3.8, 4) is 0 Å². The normalized spacial score (nSPS) is 21.9. The van der Waals surface area contributed by atoms with Crippen LogP contribution in [-0.4, -0.2) is 66.6 Å². The molecule has 1 saturated heterocycles. The van der Waals surface area contributed by atoms with E-state index in [9.17, 15) is 4.79 Å². The van der Waals surface area contributed by atoms with Gasteiger partial charge in [0.1, 0.15) is 5.92 Å². The third-order valence-corrected chi connectivity index (χ3v) is 5.91. The first-order valence-corrected chi connectivity index (χ1v) is 10.0. The van der Waals surface area contributed by atoms with Crippen molar-refractivity contribution in [3.05, 3.63) is 24.3 Å². The number of hydrogen-bond acceptors (Lipinski definition) is 7. The number of anilines is 1. The molecular formula is C19H23N5O2S. The molecule has 1 amide bonds. The third kappa shape index (κ3) is 3.78. The minimum Gasteiger partial charge on any atom is -0.379 e. The van der Waals surface area contributed by atoms with Crippen molar-refractivity contribution in [1.29, 1.82) is 0 Å². The van der Waals surface area contributed by atoms with Crippen molar-refractivity contribution in [1.82, 2.24) is 9.88 Å². The van der Waals surface area contributed by atoms with Crippen LogP contribution >= 0.6 is 11.3 Å². The van der Waals surface area contributed by atoms with Gasteiger partial charge in [-0.25, -0.2) is 4.98 Å². The molecule has 27 heavy (non-hydrogen) atoms. The van der Waals surface area contributed by atoms with Crippen LogP contribution in [0, 0.1) is 5.92 Å². The molecule has 142 valence electrons. The molecule has 1 aromatic heterocycles. The Kier molecular flexibility index (Phi) is 5.29. The molecule has 7 nitrogen and oxygen atoms in total. The van der Waals surface area contributed by atoms with Crippen LogP contribution in [0.3, 0.4) is 0 Å². The van der Waals surface area contributed by atoms with Crippen LogP contribution in [0.25, 0.3) is 10.2 Å². The lowest BCUT2D eigenvalue weighted by atomic mass is 9.99. The van der Waals surface area contributed by atoms with Gasteiger partial charge in [0.25, 0.3) is 5.91 Å². The fraction of sp³-hybridized carbons (Fsp3) is 0.474. The van der Waals surface area contributed by atoms with E-state index >= 15 is 0 Å². The Balaban J connectivity index is 1.45. The molecule has 0 bridgehead atoms. The summed E-state index contributed by atoms with van der Waals surface area (Å²) in [4.78, 5) is 24.5. The predicted octanol–water partition coefficient (Wildman–Crippen LogP) is 2.43. The van der Waals surface area contributed by atoms with Crippen molar-refractivity contribution < 1.29 is 9.53 Å². The number of benzene rings is 1. The van der Waals surface area contributed by atoms with Crippen LogP contribution in [-0.2, 0) is 9.53 Å². The Morgan fingerprint density at radius 2 is 2.11 bits per heavy atom. The quantitative estimate of drug-likeness (QED) is 0.741. The minimum absolute atomic E-state index is 0.0702. The number of rotatable bonds is 5. The summed E-state index contributed by atoms with van der Waals surface area (Å²) in [5.74, 6) is -0.458. The molecule has 0 radical (unpaired) electrons. The number of hydrazone groups is 1. The van der Waals surface area contributed by atoms with Gasteiger partial charge < -0.3 is 4.74 Å². The van der Waals surface area contributed by atoms with E-state index < -0.39 is 0 Å². The van der Waals surface area contributed by atoms with Crippen LogP contribution in [0.5, 0.6) is 0 Å². The highest BCUT2D eigenvalue weighted by Crippen LogP contribution is 2.32. The summed E-state index contributed by atoms with van der Waals surface area (Å²) >= 11 is 1.48. The van der Waals surface area contributed by atoms with Gasteiger partial charge >= 0.3 is 0 Å². The second kappa shape index (κ2) is 7.84. The molecule has 2 aliphatic rings. The molecule has 4 rings (SSSR count). The Morgan fingerprint density at radius 3 is 2.89 bits per heavy atom. The molecule has 1 aromatic carbocycles. The van der Waals surface area contributed by atoms with Crippen molar-refractivity contribution in [2.45, 2.75) is 13.8 Å². The highest BCUT2D eigenvalue weighted by molar-refractivity contribution is 7.22. The van der Waals surface area contributed by atoms with Gasteiger partial charge in [0, 0.05) is 25.3 Å². The molecule has 8 heteroatoms. The minimum atomic E-state index is -0.387. The molecule has 0 unspecified atom stereocenters. The molecule has 0 spiro atoms. The summed E-state index contributed by atoms with van der Waals surface area (Å²) < 4.78 is 6.41. The lowest BCUT2D eigenvalue weighted by molar-refractivity contribution is -0.118.